The van der Waals surface area contributed by atoms with Gasteiger partial charge in [0, 0.05) is 61.1 Å². The molecule has 2 N–H and O–H groups in total. The van der Waals surface area contributed by atoms with Crippen LogP contribution in [0.15, 0.2) is 36.4 Å². The summed E-state index contributed by atoms with van der Waals surface area (Å²) >= 11 is 0. The molecule has 2 aromatic heterocycles. The molecule has 20 nitrogen and oxygen atoms in total. The van der Waals surface area contributed by atoms with Gasteiger partial charge in [-0.2, -0.15) is 0 Å². The second-order valence-corrected chi connectivity index (χ2v) is 28.0. The van der Waals surface area contributed by atoms with E-state index in [2.05, 4.69) is 37.1 Å². The van der Waals surface area contributed by atoms with Crippen LogP contribution < -0.4 is 29.6 Å². The van der Waals surface area contributed by atoms with E-state index >= 15 is 0 Å². The number of fused-ring (bicyclic) bond motifs is 10. The molecule has 22 heteroatoms. The van der Waals surface area contributed by atoms with Gasteiger partial charge >= 0.3 is 12.2 Å². The summed E-state index contributed by atoms with van der Waals surface area (Å²) < 4.78 is 36.2. The predicted molar refractivity (Wildman–Crippen MR) is 326 cm³/mol. The molecule has 2 aromatic carbocycles. The van der Waals surface area contributed by atoms with Gasteiger partial charge in [-0.3, -0.25) is 9.59 Å². The van der Waals surface area contributed by atoms with Crippen molar-refractivity contribution in [1.82, 2.24) is 40.4 Å². The van der Waals surface area contributed by atoms with E-state index in [1.807, 2.05) is 91.8 Å². The first-order valence-electron chi connectivity index (χ1n) is 31.8. The summed E-state index contributed by atoms with van der Waals surface area (Å²) in [5, 5.41) is 5.80. The van der Waals surface area contributed by atoms with Gasteiger partial charge in [-0.15, -0.1) is 0 Å². The molecule has 11 rings (SSSR count). The Kier molecular flexibility index (Phi) is 21.8. The van der Waals surface area contributed by atoms with Gasteiger partial charge in [-0.1, -0.05) is 113 Å². The molecule has 2 radical (unpaired) electrons. The second-order valence-electron chi connectivity index (χ2n) is 28.0. The number of nitrogens with zero attached hydrogens (tertiary/aromatic N) is 6. The molecular formula is C67H90N8O12V2-2. The molecule has 2 saturated heterocycles. The van der Waals surface area contributed by atoms with Crippen LogP contribution >= 0.6 is 0 Å². The first-order valence-corrected chi connectivity index (χ1v) is 31.8. The Hall–Kier alpha value is -5.69. The van der Waals surface area contributed by atoms with Gasteiger partial charge in [0.2, 0.25) is 23.6 Å². The van der Waals surface area contributed by atoms with Crippen molar-refractivity contribution in [2.75, 3.05) is 27.3 Å². The van der Waals surface area contributed by atoms with Crippen LogP contribution in [0.5, 0.6) is 23.3 Å². The summed E-state index contributed by atoms with van der Waals surface area (Å²) in [5.74, 6) is 2.00. The molecule has 4 aromatic rings. The van der Waals surface area contributed by atoms with Gasteiger partial charge in [-0.25, -0.2) is 42.1 Å². The number of aromatic nitrogens is 4. The van der Waals surface area contributed by atoms with Crippen LogP contribution in [-0.4, -0.2) is 141 Å². The topological polar surface area (TPSA) is 240 Å². The number of hydrogen-bond donors (Lipinski definition) is 2. The van der Waals surface area contributed by atoms with E-state index in [1.54, 1.807) is 14.2 Å². The molecule has 4 bridgehead atoms. The Labute approximate surface area is 548 Å². The number of amides is 4. The number of alkyl carbamates (subject to hydrolysis) is 2. The van der Waals surface area contributed by atoms with E-state index in [0.717, 1.165) is 99.5 Å². The van der Waals surface area contributed by atoms with Gasteiger partial charge in [0.1, 0.15) is 58.4 Å². The number of methoxy groups -OCH3 is 2. The summed E-state index contributed by atoms with van der Waals surface area (Å²) in [6, 6.07) is 7.73. The average Bonchev–Trinajstić information content (AvgIpc) is 1.68. The standard InChI is InChI=1S/C34H45N4O6.C33H45N4O6.2V/c1-6-23-27(19-39)38-18-28(23)43-30-25(35-24-15-14-22(42-5)16-26(24)36-30)11-9-7-8-10-21-17-34(21,20-12-13-20)44-32(41)37-29(31(38)40)33(2,3)4;1-19(2)33-16-21(33)11-9-8-10-12-24-29(35-25-15-22(41-7)13-14-23(25)34-24)42-27-17-37(26(18-38)20(27)3)30(39)28(32(4,5)6)36-31(40)43-33;;/h14-16,20-21,23,27-29H,6-13,17-18H2,1-5H3,(H,37,41);13-15,19-21,26-28H,8-12,16-17H2,1-7H3,(H,36,40);;/q2*-1;;/t21-,23+,27-,28+,29-,34+;20-,21+,26+,27-,28+,33-;;/m10../s1. The molecule has 4 amide bonds. The van der Waals surface area contributed by atoms with Crippen LogP contribution in [0.4, 0.5) is 9.59 Å². The smallest absolute Gasteiger partial charge is 0.408 e. The van der Waals surface area contributed by atoms with Gasteiger partial charge < -0.3 is 58.4 Å². The maximum Gasteiger partial charge on any atom is 0.408 e. The van der Waals surface area contributed by atoms with E-state index < -0.39 is 70.6 Å². The zero-order valence-corrected chi connectivity index (χ0v) is 56.7. The van der Waals surface area contributed by atoms with Gasteiger partial charge in [0.25, 0.3) is 0 Å². The Balaban J connectivity index is 0.000000225. The van der Waals surface area contributed by atoms with E-state index in [4.69, 9.17) is 48.4 Å². The van der Waals surface area contributed by atoms with Crippen molar-refractivity contribution in [3.05, 3.63) is 47.8 Å². The second kappa shape index (κ2) is 28.0. The Morgan fingerprint density at radius 1 is 0.618 bits per heavy atom. The van der Waals surface area contributed by atoms with Crippen LogP contribution in [0, 0.1) is 46.3 Å². The van der Waals surface area contributed by atoms with Crippen LogP contribution in [0.25, 0.3) is 22.1 Å². The fraction of sp³-hybridized carbons (Fsp3) is 0.672. The number of carbonyl (C=O) groups is 4. The summed E-state index contributed by atoms with van der Waals surface area (Å²) in [6.07, 6.45) is 15.7. The molecule has 3 saturated carbocycles. The molecule has 0 unspecified atom stereocenters. The molecular weight excluding hydrogens is 1210 g/mol. The van der Waals surface area contributed by atoms with Crippen molar-refractivity contribution in [3.8, 4) is 23.3 Å². The van der Waals surface area contributed by atoms with Gasteiger partial charge in [0.15, 0.2) is 0 Å². The number of benzene rings is 2. The zero-order valence-electron chi connectivity index (χ0n) is 53.9. The van der Waals surface area contributed by atoms with Crippen LogP contribution in [0.1, 0.15) is 164 Å². The van der Waals surface area contributed by atoms with Crippen LogP contribution in [-0.2, 0) is 78.6 Å². The number of nitrogens with one attached hydrogen (secondary N) is 2. The Morgan fingerprint density at radius 2 is 1.10 bits per heavy atom. The number of aryl methyl sites for hydroxylation is 2. The van der Waals surface area contributed by atoms with Crippen molar-refractivity contribution in [1.29, 1.82) is 0 Å². The van der Waals surface area contributed by atoms with Crippen LogP contribution in [0.2, 0.25) is 0 Å². The quantitative estimate of drug-likeness (QED) is 0.164. The molecule has 89 heavy (non-hydrogen) atoms. The normalized spacial score (nSPS) is 30.2. The van der Waals surface area contributed by atoms with Gasteiger partial charge in [-0.05, 0) is 123 Å². The SMILES string of the molecule is CC[C@@H]1[C@@H]2CN(C(=O)[C@H](C(C)(C)C)NC(=O)O[C@]3(C4CC4)C[C@H]3CCCCCc3nc4ccc(OC)cc4nc3O2)[C@@H]1[C-]=O.COc1ccc2nc3c(nc2c1)O[C@H]1CN(C(=O)[C@H](C(C)(C)C)NC(=O)O[C@]2(C(C)C)C[C@H]2CCCCC3)[C@H]([C-]=O)[C@@H]1C.[V].[V]. The van der Waals surface area contributed by atoms with E-state index in [9.17, 15) is 28.8 Å². The van der Waals surface area contributed by atoms with E-state index in [-0.39, 0.29) is 85.7 Å². The molecule has 482 valence electrons. The zero-order chi connectivity index (χ0) is 62.3. The van der Waals surface area contributed by atoms with Crippen molar-refractivity contribution in [2.45, 2.75) is 213 Å². The van der Waals surface area contributed by atoms with E-state index in [0.29, 0.717) is 65.4 Å². The monoisotopic (exact) mass is 1300 g/mol. The summed E-state index contributed by atoms with van der Waals surface area (Å²) in [4.78, 5) is 102. The summed E-state index contributed by atoms with van der Waals surface area (Å²) in [5.41, 5.74) is 2.13. The van der Waals surface area contributed by atoms with Crippen molar-refractivity contribution in [3.63, 3.8) is 0 Å². The van der Waals surface area contributed by atoms with Gasteiger partial charge in [0.05, 0.1) is 49.4 Å². The number of rotatable bonds is 7. The fourth-order valence-electron chi connectivity index (χ4n) is 14.1. The third-order valence-corrected chi connectivity index (χ3v) is 19.7. The largest absolute Gasteiger partial charge is 0.540 e. The fourth-order valence-corrected chi connectivity index (χ4v) is 14.1. The minimum absolute atomic E-state index is 0. The molecule has 5 fully saturated rings. The maximum absolute atomic E-state index is 14.2. The number of ether oxygens (including phenoxy) is 6. The first-order chi connectivity index (χ1) is 41.4. The first kappa shape index (κ1) is 69.2. The third kappa shape index (κ3) is 14.8. The minimum atomic E-state index is -0.911. The predicted octanol–water partition coefficient (Wildman–Crippen LogP) is 10.2. The third-order valence-electron chi connectivity index (χ3n) is 19.7. The maximum atomic E-state index is 14.2. The van der Waals surface area contributed by atoms with E-state index in [1.165, 1.54) is 9.80 Å². The van der Waals surface area contributed by atoms with Crippen molar-refractivity contribution in [2.24, 2.45) is 46.3 Å². The molecule has 4 aliphatic heterocycles. The molecule has 7 aliphatic rings. The molecule has 6 heterocycles. The number of carbonyl (C=O) groups excluding carboxylic acids is 6. The Morgan fingerprint density at radius 3 is 1.57 bits per heavy atom. The summed E-state index contributed by atoms with van der Waals surface area (Å²) in [6.45, 7) is 19.7. The van der Waals surface area contributed by atoms with Crippen molar-refractivity contribution < 1.29 is 94.3 Å². The molecule has 0 spiro atoms. The number of hydrogen-bond acceptors (Lipinski definition) is 16. The Bertz CT molecular complexity index is 3230. The minimum Gasteiger partial charge on any atom is -0.540 e. The average molecular weight is 1300 g/mol. The van der Waals surface area contributed by atoms with Crippen molar-refractivity contribution >= 4 is 58.6 Å². The molecule has 12 atom stereocenters. The van der Waals surface area contributed by atoms with Crippen LogP contribution in [0.3, 0.4) is 0 Å². The summed E-state index contributed by atoms with van der Waals surface area (Å²) in [7, 11) is 3.22. The molecule has 3 aliphatic carbocycles.